The van der Waals surface area contributed by atoms with Gasteiger partial charge in [0.1, 0.15) is 17.0 Å². The van der Waals surface area contributed by atoms with E-state index in [0.717, 1.165) is 30.6 Å². The van der Waals surface area contributed by atoms with Gasteiger partial charge < -0.3 is 15.5 Å². The Morgan fingerprint density at radius 3 is 2.63 bits per heavy atom. The van der Waals surface area contributed by atoms with Crippen LogP contribution in [0.3, 0.4) is 0 Å². The Kier molecular flexibility index (Phi) is 8.83. The monoisotopic (exact) mass is 542 g/mol. The predicted molar refractivity (Wildman–Crippen MR) is 148 cm³/mol. The van der Waals surface area contributed by atoms with Crippen molar-refractivity contribution in [3.8, 4) is 0 Å². The fourth-order valence-corrected chi connectivity index (χ4v) is 6.74. The van der Waals surface area contributed by atoms with Crippen molar-refractivity contribution in [1.29, 1.82) is 0 Å². The SMILES string of the molecule is CC(C)CN(CC(C)C)S(=O)(=O)c1ccccc1NCC(=O)N[C@@H]1CCCN(c2ncnc3[nH]ncc23)C1. The van der Waals surface area contributed by atoms with Gasteiger partial charge in [0, 0.05) is 32.2 Å². The van der Waals surface area contributed by atoms with Crippen molar-refractivity contribution in [2.45, 2.75) is 51.5 Å². The summed E-state index contributed by atoms with van der Waals surface area (Å²) >= 11 is 0. The van der Waals surface area contributed by atoms with E-state index in [9.17, 15) is 13.2 Å². The van der Waals surface area contributed by atoms with E-state index >= 15 is 0 Å². The van der Waals surface area contributed by atoms with Gasteiger partial charge in [-0.3, -0.25) is 9.89 Å². The van der Waals surface area contributed by atoms with E-state index in [-0.39, 0.29) is 35.2 Å². The number of hydrogen-bond acceptors (Lipinski definition) is 8. The summed E-state index contributed by atoms with van der Waals surface area (Å²) in [5.74, 6) is 0.988. The van der Waals surface area contributed by atoms with Crippen molar-refractivity contribution in [3.63, 3.8) is 0 Å². The Morgan fingerprint density at radius 1 is 1.16 bits per heavy atom. The Morgan fingerprint density at radius 2 is 1.89 bits per heavy atom. The summed E-state index contributed by atoms with van der Waals surface area (Å²) < 4.78 is 28.7. The van der Waals surface area contributed by atoms with Crippen LogP contribution >= 0.6 is 0 Å². The molecule has 0 aliphatic carbocycles. The number of piperidine rings is 1. The number of benzene rings is 1. The van der Waals surface area contributed by atoms with E-state index in [0.29, 0.717) is 31.0 Å². The molecule has 206 valence electrons. The molecule has 0 spiro atoms. The van der Waals surface area contributed by atoms with Gasteiger partial charge in [-0.15, -0.1) is 0 Å². The van der Waals surface area contributed by atoms with Gasteiger partial charge in [-0.1, -0.05) is 39.8 Å². The van der Waals surface area contributed by atoms with Crippen LogP contribution in [0.25, 0.3) is 11.0 Å². The van der Waals surface area contributed by atoms with Gasteiger partial charge in [0.15, 0.2) is 5.65 Å². The van der Waals surface area contributed by atoms with Crippen molar-refractivity contribution in [3.05, 3.63) is 36.8 Å². The van der Waals surface area contributed by atoms with E-state index < -0.39 is 10.0 Å². The highest BCUT2D eigenvalue weighted by Gasteiger charge is 2.29. The lowest BCUT2D eigenvalue weighted by atomic mass is 10.1. The number of H-pyrrole nitrogens is 1. The summed E-state index contributed by atoms with van der Waals surface area (Å²) in [7, 11) is -3.74. The number of aromatic amines is 1. The molecule has 1 amide bonds. The largest absolute Gasteiger partial charge is 0.375 e. The summed E-state index contributed by atoms with van der Waals surface area (Å²) in [6.07, 6.45) is 4.99. The molecular weight excluding hydrogens is 504 g/mol. The third-order valence-electron chi connectivity index (χ3n) is 6.39. The van der Waals surface area contributed by atoms with Crippen molar-refractivity contribution < 1.29 is 13.2 Å². The number of carbonyl (C=O) groups excluding carboxylic acids is 1. The van der Waals surface area contributed by atoms with Gasteiger partial charge in [0.2, 0.25) is 15.9 Å². The van der Waals surface area contributed by atoms with Crippen LogP contribution in [-0.4, -0.2) is 77.6 Å². The zero-order valence-corrected chi connectivity index (χ0v) is 23.3. The Labute approximate surface area is 224 Å². The number of sulfonamides is 1. The first-order chi connectivity index (χ1) is 18.1. The number of aromatic nitrogens is 4. The zero-order chi connectivity index (χ0) is 27.3. The van der Waals surface area contributed by atoms with Crippen LogP contribution in [0.15, 0.2) is 41.7 Å². The van der Waals surface area contributed by atoms with Gasteiger partial charge in [-0.25, -0.2) is 18.4 Å². The number of rotatable bonds is 11. The van der Waals surface area contributed by atoms with E-state index in [1.807, 2.05) is 27.7 Å². The first kappa shape index (κ1) is 27.8. The Bertz CT molecular complexity index is 1330. The van der Waals surface area contributed by atoms with Crippen LogP contribution in [0.1, 0.15) is 40.5 Å². The van der Waals surface area contributed by atoms with E-state index in [1.54, 1.807) is 34.8 Å². The number of para-hydroxylation sites is 1. The fourth-order valence-electron chi connectivity index (χ4n) is 4.81. The van der Waals surface area contributed by atoms with Crippen molar-refractivity contribution >= 4 is 38.5 Å². The number of hydrogen-bond donors (Lipinski definition) is 3. The average Bonchev–Trinajstić information content (AvgIpc) is 3.36. The van der Waals surface area contributed by atoms with E-state index in [1.165, 1.54) is 6.33 Å². The molecular formula is C26H38N8O3S. The molecule has 4 rings (SSSR count). The first-order valence-corrected chi connectivity index (χ1v) is 14.6. The highest BCUT2D eigenvalue weighted by Crippen LogP contribution is 2.27. The lowest BCUT2D eigenvalue weighted by Crippen LogP contribution is -2.49. The molecule has 1 fully saturated rings. The maximum atomic E-state index is 13.6. The smallest absolute Gasteiger partial charge is 0.245 e. The molecule has 0 radical (unpaired) electrons. The van der Waals surface area contributed by atoms with Gasteiger partial charge >= 0.3 is 0 Å². The number of nitrogens with zero attached hydrogens (tertiary/aromatic N) is 5. The molecule has 2 aromatic heterocycles. The molecule has 0 saturated carbocycles. The number of fused-ring (bicyclic) bond motifs is 1. The lowest BCUT2D eigenvalue weighted by molar-refractivity contribution is -0.120. The summed E-state index contributed by atoms with van der Waals surface area (Å²) in [5.41, 5.74) is 1.10. The highest BCUT2D eigenvalue weighted by molar-refractivity contribution is 7.89. The molecule has 3 N–H and O–H groups in total. The predicted octanol–water partition coefficient (Wildman–Crippen LogP) is 2.85. The fraction of sp³-hybridized carbons (Fsp3) is 0.538. The van der Waals surface area contributed by atoms with Crippen LogP contribution in [-0.2, 0) is 14.8 Å². The lowest BCUT2D eigenvalue weighted by Gasteiger charge is -2.34. The topological polar surface area (TPSA) is 136 Å². The summed E-state index contributed by atoms with van der Waals surface area (Å²) in [5, 5.41) is 13.9. The van der Waals surface area contributed by atoms with Crippen molar-refractivity contribution in [1.82, 2.24) is 29.8 Å². The highest BCUT2D eigenvalue weighted by atomic mass is 32.2. The van der Waals surface area contributed by atoms with Gasteiger partial charge in [-0.05, 0) is 36.8 Å². The third kappa shape index (κ3) is 6.60. The van der Waals surface area contributed by atoms with Gasteiger partial charge in [-0.2, -0.15) is 9.40 Å². The van der Waals surface area contributed by atoms with Crippen LogP contribution in [0.5, 0.6) is 0 Å². The number of amides is 1. The quantitative estimate of drug-likeness (QED) is 0.337. The summed E-state index contributed by atoms with van der Waals surface area (Å²) in [4.78, 5) is 23.9. The number of anilines is 2. The van der Waals surface area contributed by atoms with E-state index in [4.69, 9.17) is 0 Å². The Balaban J connectivity index is 1.41. The zero-order valence-electron chi connectivity index (χ0n) is 22.5. The second-order valence-corrected chi connectivity index (χ2v) is 12.5. The molecule has 1 aliphatic rings. The maximum absolute atomic E-state index is 13.6. The minimum atomic E-state index is -3.74. The molecule has 38 heavy (non-hydrogen) atoms. The molecule has 12 heteroatoms. The summed E-state index contributed by atoms with van der Waals surface area (Å²) in [6, 6.07) is 6.73. The average molecular weight is 543 g/mol. The van der Waals surface area contributed by atoms with Crippen LogP contribution in [0, 0.1) is 11.8 Å². The molecule has 1 saturated heterocycles. The standard InChI is InChI=1S/C26H38N8O3S/c1-18(2)14-34(15-19(3)4)38(36,37)23-10-6-5-9-22(23)27-13-24(35)31-20-8-7-11-33(16-20)26-21-12-30-32-25(21)28-17-29-26/h5-6,9-10,12,17-20,27H,7-8,11,13-16H2,1-4H3,(H,31,35)(H,28,29,30,32)/t20-/m1/s1. The molecule has 0 bridgehead atoms. The van der Waals surface area contributed by atoms with Gasteiger partial charge in [0.05, 0.1) is 23.8 Å². The Hall–Kier alpha value is -3.25. The van der Waals surface area contributed by atoms with Crippen LogP contribution < -0.4 is 15.5 Å². The summed E-state index contributed by atoms with van der Waals surface area (Å²) in [6.45, 7) is 10.3. The molecule has 0 unspecified atom stereocenters. The first-order valence-electron chi connectivity index (χ1n) is 13.2. The molecule has 3 heterocycles. The molecule has 3 aromatic rings. The second kappa shape index (κ2) is 12.1. The maximum Gasteiger partial charge on any atom is 0.245 e. The minimum Gasteiger partial charge on any atom is -0.375 e. The number of nitrogens with one attached hydrogen (secondary N) is 3. The normalized spacial score (nSPS) is 16.5. The minimum absolute atomic E-state index is 0.0309. The van der Waals surface area contributed by atoms with Crippen molar-refractivity contribution in [2.24, 2.45) is 11.8 Å². The van der Waals surface area contributed by atoms with Gasteiger partial charge in [0.25, 0.3) is 0 Å². The third-order valence-corrected chi connectivity index (χ3v) is 8.28. The van der Waals surface area contributed by atoms with E-state index in [2.05, 4.69) is 35.7 Å². The molecule has 1 aliphatic heterocycles. The second-order valence-electron chi connectivity index (χ2n) is 10.6. The molecule has 11 nitrogen and oxygen atoms in total. The molecule has 1 atom stereocenters. The van der Waals surface area contributed by atoms with Crippen LogP contribution in [0.4, 0.5) is 11.5 Å². The van der Waals surface area contributed by atoms with Crippen LogP contribution in [0.2, 0.25) is 0 Å². The number of carbonyl (C=O) groups is 1. The van der Waals surface area contributed by atoms with Crippen molar-refractivity contribution in [2.75, 3.05) is 42.9 Å². The molecule has 1 aromatic carbocycles.